The van der Waals surface area contributed by atoms with Gasteiger partial charge in [0.2, 0.25) is 0 Å². The molecule has 0 unspecified atom stereocenters. The molecule has 5 rings (SSSR count). The van der Waals surface area contributed by atoms with Crippen LogP contribution in [0.4, 0.5) is 5.95 Å². The molecule has 2 fully saturated rings. The minimum atomic E-state index is -0.754. The first kappa shape index (κ1) is 23.2. The number of hydrogen-bond acceptors (Lipinski definition) is 10. The monoisotopic (exact) mass is 483 g/mol. The Labute approximate surface area is 202 Å². The minimum Gasteiger partial charge on any atom is -0.489 e. The summed E-state index contributed by atoms with van der Waals surface area (Å²) in [6.07, 6.45) is 5.27. The second-order valence-corrected chi connectivity index (χ2v) is 9.11. The zero-order chi connectivity index (χ0) is 24.4. The van der Waals surface area contributed by atoms with Gasteiger partial charge in [-0.05, 0) is 62.7 Å². The molecule has 0 aromatic carbocycles. The van der Waals surface area contributed by atoms with Gasteiger partial charge in [0.1, 0.15) is 18.1 Å². The van der Waals surface area contributed by atoms with Crippen LogP contribution in [0.25, 0.3) is 11.4 Å². The highest BCUT2D eigenvalue weighted by atomic mass is 16.5. The third kappa shape index (κ3) is 5.59. The van der Waals surface area contributed by atoms with Crippen LogP contribution >= 0.6 is 0 Å². The Morgan fingerprint density at radius 1 is 1.23 bits per heavy atom. The molecule has 2 aliphatic carbocycles. The standard InChI is InChI=1S/C23H29N7O5/c1-13-19(34-16-5-3-4-14(10-16)22(31)32)9-8-17(25-13)21-18(30(2)29-27-21)11-24-23-26-20(35-28-23)12-33-15-6-7-15/h8-9,14-16H,3-7,10-12H2,1-2H3,(H,24,28)(H,31,32)/t14-,16-/m0/s1. The second-order valence-electron chi connectivity index (χ2n) is 9.11. The van der Waals surface area contributed by atoms with Crippen LogP contribution in [-0.4, -0.2) is 53.4 Å². The molecule has 3 aromatic rings. The van der Waals surface area contributed by atoms with Gasteiger partial charge in [-0.15, -0.1) is 5.10 Å². The molecule has 0 bridgehead atoms. The molecule has 0 aliphatic heterocycles. The first-order valence-corrected chi connectivity index (χ1v) is 11.9. The molecular formula is C23H29N7O5. The lowest BCUT2D eigenvalue weighted by molar-refractivity contribution is -0.143. The summed E-state index contributed by atoms with van der Waals surface area (Å²) >= 11 is 0. The van der Waals surface area contributed by atoms with Gasteiger partial charge < -0.3 is 24.4 Å². The molecule has 2 saturated carbocycles. The maximum Gasteiger partial charge on any atom is 0.306 e. The van der Waals surface area contributed by atoms with Crippen LogP contribution in [0.3, 0.4) is 0 Å². The van der Waals surface area contributed by atoms with E-state index in [1.54, 1.807) is 4.68 Å². The molecule has 2 aliphatic rings. The van der Waals surface area contributed by atoms with Gasteiger partial charge in [0, 0.05) is 7.05 Å². The van der Waals surface area contributed by atoms with Crippen LogP contribution in [0.5, 0.6) is 5.75 Å². The van der Waals surface area contributed by atoms with E-state index >= 15 is 0 Å². The lowest BCUT2D eigenvalue weighted by Gasteiger charge is -2.27. The molecule has 2 atom stereocenters. The molecule has 0 saturated heterocycles. The summed E-state index contributed by atoms with van der Waals surface area (Å²) in [5.41, 5.74) is 2.82. The predicted octanol–water partition coefficient (Wildman–Crippen LogP) is 2.88. The number of anilines is 1. The van der Waals surface area contributed by atoms with Gasteiger partial charge >= 0.3 is 5.97 Å². The largest absolute Gasteiger partial charge is 0.489 e. The number of nitrogens with zero attached hydrogens (tertiary/aromatic N) is 6. The van der Waals surface area contributed by atoms with E-state index < -0.39 is 5.97 Å². The van der Waals surface area contributed by atoms with Crippen molar-refractivity contribution in [2.24, 2.45) is 13.0 Å². The zero-order valence-electron chi connectivity index (χ0n) is 19.8. The van der Waals surface area contributed by atoms with Gasteiger partial charge in [0.25, 0.3) is 11.8 Å². The molecule has 0 spiro atoms. The van der Waals surface area contributed by atoms with Crippen molar-refractivity contribution >= 4 is 11.9 Å². The number of carboxylic acids is 1. The summed E-state index contributed by atoms with van der Waals surface area (Å²) in [5, 5.41) is 24.9. The Balaban J connectivity index is 1.24. The number of carbonyl (C=O) groups is 1. The number of aromatic nitrogens is 6. The Hall–Kier alpha value is -3.54. The minimum absolute atomic E-state index is 0.123. The van der Waals surface area contributed by atoms with Crippen molar-refractivity contribution in [3.8, 4) is 17.1 Å². The molecule has 3 heterocycles. The number of ether oxygens (including phenoxy) is 2. The maximum absolute atomic E-state index is 11.3. The van der Waals surface area contributed by atoms with Crippen molar-refractivity contribution in [1.82, 2.24) is 30.1 Å². The summed E-state index contributed by atoms with van der Waals surface area (Å²) in [5.74, 6) is 0.351. The van der Waals surface area contributed by atoms with E-state index in [0.717, 1.165) is 31.4 Å². The van der Waals surface area contributed by atoms with Crippen molar-refractivity contribution < 1.29 is 23.9 Å². The Bertz CT molecular complexity index is 1190. The van der Waals surface area contributed by atoms with E-state index in [0.29, 0.717) is 66.8 Å². The van der Waals surface area contributed by atoms with E-state index in [1.165, 1.54) is 0 Å². The zero-order valence-corrected chi connectivity index (χ0v) is 19.8. The SMILES string of the molecule is Cc1nc(-c2nnn(C)c2CNc2noc(COC3CC3)n2)ccc1O[C@H]1CCC[C@H](C(=O)O)C1. The Morgan fingerprint density at radius 2 is 2.09 bits per heavy atom. The first-order chi connectivity index (χ1) is 17.0. The third-order valence-electron chi connectivity index (χ3n) is 6.34. The molecule has 2 N–H and O–H groups in total. The predicted molar refractivity (Wildman–Crippen MR) is 122 cm³/mol. The van der Waals surface area contributed by atoms with Crippen LogP contribution in [0.2, 0.25) is 0 Å². The summed E-state index contributed by atoms with van der Waals surface area (Å²) in [6, 6.07) is 3.70. The molecule has 12 heteroatoms. The molecule has 12 nitrogen and oxygen atoms in total. The highest BCUT2D eigenvalue weighted by Gasteiger charge is 2.28. The summed E-state index contributed by atoms with van der Waals surface area (Å²) < 4.78 is 18.6. The van der Waals surface area contributed by atoms with Gasteiger partial charge in [-0.1, -0.05) is 5.21 Å². The number of rotatable bonds is 10. The van der Waals surface area contributed by atoms with E-state index in [2.05, 4.69) is 25.8 Å². The van der Waals surface area contributed by atoms with Crippen LogP contribution in [0.15, 0.2) is 16.7 Å². The molecule has 0 radical (unpaired) electrons. The Kier molecular flexibility index (Phi) is 6.62. The van der Waals surface area contributed by atoms with Gasteiger partial charge in [-0.3, -0.25) is 4.79 Å². The normalized spacial score (nSPS) is 20.1. The molecule has 0 amide bonds. The van der Waals surface area contributed by atoms with E-state index in [1.807, 2.05) is 26.1 Å². The quantitative estimate of drug-likeness (QED) is 0.438. The van der Waals surface area contributed by atoms with Crippen molar-refractivity contribution in [3.05, 3.63) is 29.4 Å². The topological polar surface area (TPSA) is 150 Å². The van der Waals surface area contributed by atoms with E-state index in [9.17, 15) is 9.90 Å². The van der Waals surface area contributed by atoms with Crippen LogP contribution in [-0.2, 0) is 29.7 Å². The van der Waals surface area contributed by atoms with Crippen molar-refractivity contribution in [2.75, 3.05) is 5.32 Å². The van der Waals surface area contributed by atoms with Gasteiger partial charge in [-0.25, -0.2) is 9.67 Å². The van der Waals surface area contributed by atoms with Gasteiger partial charge in [0.05, 0.1) is 41.8 Å². The molecule has 35 heavy (non-hydrogen) atoms. The fourth-order valence-corrected chi connectivity index (χ4v) is 4.21. The highest BCUT2D eigenvalue weighted by Crippen LogP contribution is 2.30. The van der Waals surface area contributed by atoms with Crippen molar-refractivity contribution in [2.45, 2.75) is 70.8 Å². The number of carboxylic acid groups (broad SMARTS) is 1. The third-order valence-corrected chi connectivity index (χ3v) is 6.34. The average molecular weight is 484 g/mol. The number of nitrogens with one attached hydrogen (secondary N) is 1. The van der Waals surface area contributed by atoms with Crippen molar-refractivity contribution in [1.29, 1.82) is 0 Å². The average Bonchev–Trinajstić information content (AvgIpc) is 3.45. The fourth-order valence-electron chi connectivity index (χ4n) is 4.21. The summed E-state index contributed by atoms with van der Waals surface area (Å²) in [4.78, 5) is 20.3. The van der Waals surface area contributed by atoms with Crippen molar-refractivity contribution in [3.63, 3.8) is 0 Å². The fraction of sp³-hybridized carbons (Fsp3) is 0.565. The number of pyridine rings is 1. The summed E-state index contributed by atoms with van der Waals surface area (Å²) in [7, 11) is 1.81. The van der Waals surface area contributed by atoms with Gasteiger partial charge in [-0.2, -0.15) is 4.98 Å². The van der Waals surface area contributed by atoms with Crippen LogP contribution < -0.4 is 10.1 Å². The van der Waals surface area contributed by atoms with Crippen LogP contribution in [0.1, 0.15) is 55.8 Å². The second kappa shape index (κ2) is 9.98. The lowest BCUT2D eigenvalue weighted by atomic mass is 9.87. The maximum atomic E-state index is 11.3. The molecular weight excluding hydrogens is 454 g/mol. The van der Waals surface area contributed by atoms with Crippen LogP contribution in [0, 0.1) is 12.8 Å². The summed E-state index contributed by atoms with van der Waals surface area (Å²) in [6.45, 7) is 2.56. The van der Waals surface area contributed by atoms with E-state index in [4.69, 9.17) is 19.0 Å². The Morgan fingerprint density at radius 3 is 2.86 bits per heavy atom. The first-order valence-electron chi connectivity index (χ1n) is 11.9. The number of aliphatic carboxylic acids is 1. The van der Waals surface area contributed by atoms with E-state index in [-0.39, 0.29) is 12.0 Å². The smallest absolute Gasteiger partial charge is 0.306 e. The lowest BCUT2D eigenvalue weighted by Crippen LogP contribution is -2.29. The number of aryl methyl sites for hydroxylation is 2. The molecule has 186 valence electrons. The highest BCUT2D eigenvalue weighted by molar-refractivity contribution is 5.70. The number of hydrogen-bond donors (Lipinski definition) is 2. The van der Waals surface area contributed by atoms with Gasteiger partial charge in [0.15, 0.2) is 0 Å². The molecule has 3 aromatic heterocycles.